The number of ether oxygens (including phenoxy) is 2. The summed E-state index contributed by atoms with van der Waals surface area (Å²) in [4.78, 5) is 48.1. The topological polar surface area (TPSA) is 148 Å². The van der Waals surface area contributed by atoms with Gasteiger partial charge < -0.3 is 25.6 Å². The molecular weight excluding hydrogens is 370 g/mol. The van der Waals surface area contributed by atoms with Crippen LogP contribution in [0.15, 0.2) is 30.3 Å². The minimum atomic E-state index is -1.61. The van der Waals surface area contributed by atoms with Crippen LogP contribution < -0.4 is 11.1 Å². The summed E-state index contributed by atoms with van der Waals surface area (Å²) in [5, 5.41) is 11.4. The number of hydrogen-bond donors (Lipinski definition) is 3. The number of carbonyl (C=O) groups is 4. The SMILES string of the molecule is CC(C)(C)OC(=O)N(C[C@H](NC(=O)OCc1ccccc1)C(=O)O)C(=O)CN. The molecule has 0 aliphatic carbocycles. The molecule has 3 amide bonds. The van der Waals surface area contributed by atoms with Gasteiger partial charge in [-0.1, -0.05) is 30.3 Å². The molecule has 4 N–H and O–H groups in total. The van der Waals surface area contributed by atoms with Crippen LogP contribution in [0.5, 0.6) is 0 Å². The predicted octanol–water partition coefficient (Wildman–Crippen LogP) is 1.09. The number of aliphatic carboxylic acids is 1. The van der Waals surface area contributed by atoms with Crippen LogP contribution in [0, 0.1) is 0 Å². The van der Waals surface area contributed by atoms with E-state index < -0.39 is 48.8 Å². The molecule has 1 rings (SSSR count). The van der Waals surface area contributed by atoms with Crippen LogP contribution in [-0.4, -0.2) is 58.8 Å². The number of hydrogen-bond acceptors (Lipinski definition) is 7. The van der Waals surface area contributed by atoms with Gasteiger partial charge in [0.15, 0.2) is 0 Å². The Morgan fingerprint density at radius 3 is 2.29 bits per heavy atom. The first-order valence-corrected chi connectivity index (χ1v) is 8.47. The van der Waals surface area contributed by atoms with E-state index in [-0.39, 0.29) is 6.61 Å². The van der Waals surface area contributed by atoms with Crippen LogP contribution in [0.3, 0.4) is 0 Å². The molecule has 0 spiro atoms. The van der Waals surface area contributed by atoms with Crippen LogP contribution in [0.2, 0.25) is 0 Å². The molecule has 0 aliphatic heterocycles. The van der Waals surface area contributed by atoms with E-state index in [9.17, 15) is 24.3 Å². The number of nitrogens with two attached hydrogens (primary N) is 1. The largest absolute Gasteiger partial charge is 0.480 e. The molecule has 154 valence electrons. The van der Waals surface area contributed by atoms with Gasteiger partial charge in [-0.2, -0.15) is 0 Å². The highest BCUT2D eigenvalue weighted by atomic mass is 16.6. The van der Waals surface area contributed by atoms with Gasteiger partial charge in [0.2, 0.25) is 5.91 Å². The summed E-state index contributed by atoms with van der Waals surface area (Å²) in [6.07, 6.45) is -2.07. The molecular formula is C18H25N3O7. The van der Waals surface area contributed by atoms with Gasteiger partial charge in [-0.15, -0.1) is 0 Å². The van der Waals surface area contributed by atoms with Crippen LogP contribution in [0.1, 0.15) is 26.3 Å². The summed E-state index contributed by atoms with van der Waals surface area (Å²) >= 11 is 0. The van der Waals surface area contributed by atoms with Gasteiger partial charge in [-0.3, -0.25) is 4.79 Å². The summed E-state index contributed by atoms with van der Waals surface area (Å²) < 4.78 is 10.0. The number of alkyl carbamates (subject to hydrolysis) is 1. The van der Waals surface area contributed by atoms with Gasteiger partial charge in [0.05, 0.1) is 13.1 Å². The van der Waals surface area contributed by atoms with Crippen molar-refractivity contribution in [3.8, 4) is 0 Å². The number of carbonyl (C=O) groups excluding carboxylic acids is 3. The van der Waals surface area contributed by atoms with Crippen LogP contribution >= 0.6 is 0 Å². The van der Waals surface area contributed by atoms with Crippen molar-refractivity contribution < 1.29 is 33.8 Å². The van der Waals surface area contributed by atoms with Crippen molar-refractivity contribution in [2.24, 2.45) is 5.73 Å². The average molecular weight is 395 g/mol. The Bertz CT molecular complexity index is 701. The van der Waals surface area contributed by atoms with E-state index in [2.05, 4.69) is 5.32 Å². The number of carboxylic acids is 1. The van der Waals surface area contributed by atoms with E-state index in [0.29, 0.717) is 10.5 Å². The molecule has 0 heterocycles. The fraction of sp³-hybridized carbons (Fsp3) is 0.444. The van der Waals surface area contributed by atoms with Gasteiger partial charge in [0, 0.05) is 0 Å². The summed E-state index contributed by atoms with van der Waals surface area (Å²) in [6, 6.07) is 7.16. The Balaban J connectivity index is 2.78. The lowest BCUT2D eigenvalue weighted by Gasteiger charge is -2.27. The van der Waals surface area contributed by atoms with Crippen molar-refractivity contribution >= 4 is 24.1 Å². The molecule has 0 aliphatic rings. The Hall–Kier alpha value is -3.14. The maximum atomic E-state index is 12.2. The molecule has 0 saturated heterocycles. The van der Waals surface area contributed by atoms with Crippen molar-refractivity contribution in [1.29, 1.82) is 0 Å². The minimum absolute atomic E-state index is 0.0729. The van der Waals surface area contributed by atoms with E-state index in [1.807, 2.05) is 0 Å². The van der Waals surface area contributed by atoms with Gasteiger partial charge >= 0.3 is 18.2 Å². The fourth-order valence-corrected chi connectivity index (χ4v) is 1.98. The van der Waals surface area contributed by atoms with E-state index in [1.54, 1.807) is 51.1 Å². The third-order valence-corrected chi connectivity index (χ3v) is 3.26. The zero-order valence-electron chi connectivity index (χ0n) is 16.0. The molecule has 1 atom stereocenters. The molecule has 1 aromatic carbocycles. The van der Waals surface area contributed by atoms with Crippen molar-refractivity contribution in [3.63, 3.8) is 0 Å². The number of nitrogens with one attached hydrogen (secondary N) is 1. The average Bonchev–Trinajstić information content (AvgIpc) is 2.61. The normalized spacial score (nSPS) is 11.9. The molecule has 0 aromatic heterocycles. The molecule has 0 unspecified atom stereocenters. The smallest absolute Gasteiger partial charge is 0.417 e. The third kappa shape index (κ3) is 8.04. The Kier molecular flexibility index (Phi) is 8.39. The lowest BCUT2D eigenvalue weighted by Crippen LogP contribution is -2.53. The van der Waals surface area contributed by atoms with E-state index in [4.69, 9.17) is 15.2 Å². The van der Waals surface area contributed by atoms with Crippen molar-refractivity contribution in [2.45, 2.75) is 39.0 Å². The summed E-state index contributed by atoms with van der Waals surface area (Å²) in [5.74, 6) is -2.31. The van der Waals surface area contributed by atoms with Gasteiger partial charge in [0.1, 0.15) is 18.2 Å². The van der Waals surface area contributed by atoms with Crippen LogP contribution in [-0.2, 0) is 25.7 Å². The summed E-state index contributed by atoms with van der Waals surface area (Å²) in [6.45, 7) is 3.49. The highest BCUT2D eigenvalue weighted by Gasteiger charge is 2.32. The van der Waals surface area contributed by atoms with Crippen molar-refractivity contribution in [2.75, 3.05) is 13.1 Å². The van der Waals surface area contributed by atoms with Gasteiger partial charge in [0.25, 0.3) is 0 Å². The van der Waals surface area contributed by atoms with Crippen LogP contribution in [0.25, 0.3) is 0 Å². The molecule has 0 fully saturated rings. The number of rotatable bonds is 7. The lowest BCUT2D eigenvalue weighted by atomic mass is 10.2. The second-order valence-electron chi connectivity index (χ2n) is 6.79. The van der Waals surface area contributed by atoms with Gasteiger partial charge in [-0.05, 0) is 26.3 Å². The third-order valence-electron chi connectivity index (χ3n) is 3.26. The molecule has 1 aromatic rings. The molecule has 28 heavy (non-hydrogen) atoms. The monoisotopic (exact) mass is 395 g/mol. The number of carboxylic acid groups (broad SMARTS) is 1. The maximum Gasteiger partial charge on any atom is 0.417 e. The number of amides is 3. The molecule has 0 saturated carbocycles. The number of imide groups is 1. The quantitative estimate of drug-likeness (QED) is 0.621. The molecule has 0 radical (unpaired) electrons. The maximum absolute atomic E-state index is 12.2. The Morgan fingerprint density at radius 1 is 1.18 bits per heavy atom. The Morgan fingerprint density at radius 2 is 1.79 bits per heavy atom. The van der Waals surface area contributed by atoms with E-state index in [0.717, 1.165) is 0 Å². The highest BCUT2D eigenvalue weighted by molar-refractivity contribution is 5.94. The van der Waals surface area contributed by atoms with E-state index >= 15 is 0 Å². The highest BCUT2D eigenvalue weighted by Crippen LogP contribution is 2.11. The molecule has 10 nitrogen and oxygen atoms in total. The first-order chi connectivity index (χ1) is 13.0. The fourth-order valence-electron chi connectivity index (χ4n) is 1.98. The van der Waals surface area contributed by atoms with Crippen molar-refractivity contribution in [3.05, 3.63) is 35.9 Å². The number of benzene rings is 1. The first kappa shape index (κ1) is 22.9. The zero-order valence-corrected chi connectivity index (χ0v) is 16.0. The summed E-state index contributed by atoms with van der Waals surface area (Å²) in [7, 11) is 0. The van der Waals surface area contributed by atoms with Gasteiger partial charge in [-0.25, -0.2) is 19.3 Å². The molecule has 0 bridgehead atoms. The van der Waals surface area contributed by atoms with E-state index in [1.165, 1.54) is 0 Å². The van der Waals surface area contributed by atoms with Crippen molar-refractivity contribution in [1.82, 2.24) is 10.2 Å². The number of nitrogens with zero attached hydrogens (tertiary/aromatic N) is 1. The summed E-state index contributed by atoms with van der Waals surface area (Å²) in [5.41, 5.74) is 5.08. The standard InChI is InChI=1S/C18H25N3O7/c1-18(2,3)28-17(26)21(14(22)9-19)10-13(15(23)24)20-16(25)27-11-12-7-5-4-6-8-12/h4-8,13H,9-11,19H2,1-3H3,(H,20,25)(H,23,24)/t13-/m0/s1. The molecule has 10 heteroatoms. The minimum Gasteiger partial charge on any atom is -0.480 e. The van der Waals surface area contributed by atoms with Crippen LogP contribution in [0.4, 0.5) is 9.59 Å². The lowest BCUT2D eigenvalue weighted by molar-refractivity contribution is -0.140. The first-order valence-electron chi connectivity index (χ1n) is 8.47. The Labute approximate surface area is 162 Å². The second-order valence-corrected chi connectivity index (χ2v) is 6.79. The second kappa shape index (κ2) is 10.3. The predicted molar refractivity (Wildman–Crippen MR) is 98.2 cm³/mol. The zero-order chi connectivity index (χ0) is 21.3.